The Hall–Kier alpha value is -2.38. The van der Waals surface area contributed by atoms with Crippen LogP contribution in [0.4, 0.5) is 8.78 Å². The Labute approximate surface area is 119 Å². The number of ether oxygens (including phenoxy) is 2. The number of hydrogen-bond acceptors (Lipinski definition) is 4. The summed E-state index contributed by atoms with van der Waals surface area (Å²) >= 11 is 0. The van der Waals surface area contributed by atoms with Crippen molar-refractivity contribution in [3.05, 3.63) is 23.8 Å². The zero-order chi connectivity index (χ0) is 15.8. The molecule has 0 bridgehead atoms. The molecular weight excluding hydrogens is 288 g/mol. The topological polar surface area (TPSA) is 84.9 Å². The third-order valence-electron chi connectivity index (χ3n) is 2.49. The van der Waals surface area contributed by atoms with Gasteiger partial charge in [0.25, 0.3) is 5.91 Å². The maximum Gasteiger partial charge on any atom is 0.387 e. The first-order chi connectivity index (χ1) is 9.93. The van der Waals surface area contributed by atoms with Crippen molar-refractivity contribution in [3.8, 4) is 11.5 Å². The average Bonchev–Trinajstić information content (AvgIpc) is 2.42. The van der Waals surface area contributed by atoms with E-state index in [-0.39, 0.29) is 36.4 Å². The number of carboxylic acid groups (broad SMARTS) is 1. The first kappa shape index (κ1) is 16.7. The quantitative estimate of drug-likeness (QED) is 0.716. The van der Waals surface area contributed by atoms with Crippen molar-refractivity contribution < 1.29 is 33.0 Å². The summed E-state index contributed by atoms with van der Waals surface area (Å²) < 4.78 is 33.6. The fourth-order valence-electron chi connectivity index (χ4n) is 1.55. The molecule has 0 fully saturated rings. The van der Waals surface area contributed by atoms with E-state index in [1.165, 1.54) is 19.2 Å². The highest BCUT2D eigenvalue weighted by Crippen LogP contribution is 2.29. The van der Waals surface area contributed by atoms with E-state index in [9.17, 15) is 18.4 Å². The van der Waals surface area contributed by atoms with Gasteiger partial charge in [0.2, 0.25) is 0 Å². The molecule has 0 saturated heterocycles. The number of carbonyl (C=O) groups excluding carboxylic acids is 1. The predicted molar refractivity (Wildman–Crippen MR) is 68.8 cm³/mol. The van der Waals surface area contributed by atoms with Crippen LogP contribution >= 0.6 is 0 Å². The Morgan fingerprint density at radius 1 is 1.33 bits per heavy atom. The third-order valence-corrected chi connectivity index (χ3v) is 2.49. The number of carboxylic acids is 1. The molecule has 0 atom stereocenters. The van der Waals surface area contributed by atoms with Crippen molar-refractivity contribution >= 4 is 11.9 Å². The largest absolute Gasteiger partial charge is 0.493 e. The van der Waals surface area contributed by atoms with Crippen LogP contribution in [-0.2, 0) is 4.79 Å². The average molecular weight is 303 g/mol. The van der Waals surface area contributed by atoms with E-state index in [0.29, 0.717) is 0 Å². The minimum Gasteiger partial charge on any atom is -0.493 e. The fourth-order valence-corrected chi connectivity index (χ4v) is 1.55. The summed E-state index contributed by atoms with van der Waals surface area (Å²) in [4.78, 5) is 22.1. The summed E-state index contributed by atoms with van der Waals surface area (Å²) in [7, 11) is 1.29. The van der Waals surface area contributed by atoms with Gasteiger partial charge in [0.05, 0.1) is 7.11 Å². The van der Waals surface area contributed by atoms with Crippen LogP contribution in [0.3, 0.4) is 0 Å². The molecule has 0 aromatic heterocycles. The molecular formula is C13H15F2NO5. The smallest absolute Gasteiger partial charge is 0.387 e. The number of aliphatic carboxylic acids is 1. The van der Waals surface area contributed by atoms with Gasteiger partial charge in [-0.25, -0.2) is 0 Å². The van der Waals surface area contributed by atoms with Gasteiger partial charge in [-0.1, -0.05) is 0 Å². The summed E-state index contributed by atoms with van der Waals surface area (Å²) in [5, 5.41) is 10.9. The van der Waals surface area contributed by atoms with Crippen molar-refractivity contribution in [2.75, 3.05) is 13.7 Å². The number of hydrogen-bond donors (Lipinski definition) is 2. The van der Waals surface area contributed by atoms with Crippen LogP contribution in [0.1, 0.15) is 23.2 Å². The molecule has 0 saturated carbocycles. The van der Waals surface area contributed by atoms with Crippen LogP contribution in [0.2, 0.25) is 0 Å². The number of benzene rings is 1. The lowest BCUT2D eigenvalue weighted by Gasteiger charge is -2.11. The predicted octanol–water partition coefficient (Wildman–Crippen LogP) is 1.89. The standard InChI is InChI=1S/C13H15F2NO5/c1-20-9-5-4-8(7-10(9)21-13(14)15)12(19)16-6-2-3-11(17)18/h4-5,7,13H,2-3,6H2,1H3,(H,16,19)(H,17,18). The minimum absolute atomic E-state index is 0.0668. The van der Waals surface area contributed by atoms with Crippen LogP contribution in [0.15, 0.2) is 18.2 Å². The summed E-state index contributed by atoms with van der Waals surface area (Å²) in [6.07, 6.45) is 0.209. The molecule has 0 aliphatic carbocycles. The number of methoxy groups -OCH3 is 1. The maximum absolute atomic E-state index is 12.3. The molecule has 0 spiro atoms. The number of rotatable bonds is 8. The molecule has 0 aliphatic rings. The monoisotopic (exact) mass is 303 g/mol. The van der Waals surface area contributed by atoms with Gasteiger partial charge in [-0.3, -0.25) is 9.59 Å². The van der Waals surface area contributed by atoms with Crippen molar-refractivity contribution in [2.24, 2.45) is 0 Å². The minimum atomic E-state index is -3.03. The lowest BCUT2D eigenvalue weighted by Crippen LogP contribution is -2.25. The highest BCUT2D eigenvalue weighted by Gasteiger charge is 2.14. The highest BCUT2D eigenvalue weighted by molar-refractivity contribution is 5.94. The van der Waals surface area contributed by atoms with Crippen molar-refractivity contribution in [1.82, 2.24) is 5.32 Å². The number of nitrogens with one attached hydrogen (secondary N) is 1. The molecule has 0 radical (unpaired) electrons. The SMILES string of the molecule is COc1ccc(C(=O)NCCCC(=O)O)cc1OC(F)F. The Morgan fingerprint density at radius 3 is 2.62 bits per heavy atom. The molecule has 8 heteroatoms. The molecule has 1 rings (SSSR count). The van der Waals surface area contributed by atoms with E-state index in [4.69, 9.17) is 9.84 Å². The van der Waals surface area contributed by atoms with Crippen LogP contribution in [0.5, 0.6) is 11.5 Å². The van der Waals surface area contributed by atoms with Crippen LogP contribution in [0.25, 0.3) is 0 Å². The van der Waals surface area contributed by atoms with Crippen LogP contribution in [-0.4, -0.2) is 37.2 Å². The number of halogens is 2. The van der Waals surface area contributed by atoms with Gasteiger partial charge in [-0.15, -0.1) is 0 Å². The van der Waals surface area contributed by atoms with E-state index in [1.54, 1.807) is 0 Å². The first-order valence-electron chi connectivity index (χ1n) is 6.07. The van der Waals surface area contributed by atoms with Crippen LogP contribution in [0, 0.1) is 0 Å². The van der Waals surface area contributed by atoms with E-state index in [0.717, 1.165) is 6.07 Å². The van der Waals surface area contributed by atoms with Crippen molar-refractivity contribution in [2.45, 2.75) is 19.5 Å². The zero-order valence-corrected chi connectivity index (χ0v) is 11.3. The van der Waals surface area contributed by atoms with E-state index in [1.807, 2.05) is 0 Å². The molecule has 1 aromatic carbocycles. The van der Waals surface area contributed by atoms with Gasteiger partial charge < -0.3 is 19.9 Å². The second kappa shape index (κ2) is 8.03. The molecule has 1 amide bonds. The maximum atomic E-state index is 12.3. The molecule has 21 heavy (non-hydrogen) atoms. The number of alkyl halides is 2. The molecule has 6 nitrogen and oxygen atoms in total. The molecule has 116 valence electrons. The Kier molecular flexibility index (Phi) is 6.38. The Morgan fingerprint density at radius 2 is 2.05 bits per heavy atom. The Balaban J connectivity index is 2.69. The normalized spacial score (nSPS) is 10.3. The third kappa shape index (κ3) is 5.64. The molecule has 0 heterocycles. The molecule has 0 unspecified atom stereocenters. The van der Waals surface area contributed by atoms with Crippen molar-refractivity contribution in [1.29, 1.82) is 0 Å². The van der Waals surface area contributed by atoms with Gasteiger partial charge in [0.1, 0.15) is 0 Å². The summed E-state index contributed by atoms with van der Waals surface area (Å²) in [6.45, 7) is -2.87. The number of carbonyl (C=O) groups is 2. The van der Waals surface area contributed by atoms with Gasteiger partial charge in [-0.05, 0) is 24.6 Å². The summed E-state index contributed by atoms with van der Waals surface area (Å²) in [5.74, 6) is -1.63. The van der Waals surface area contributed by atoms with E-state index >= 15 is 0 Å². The second-order valence-corrected chi connectivity index (χ2v) is 4.00. The van der Waals surface area contributed by atoms with Gasteiger partial charge in [0.15, 0.2) is 11.5 Å². The lowest BCUT2D eigenvalue weighted by atomic mass is 10.2. The van der Waals surface area contributed by atoms with Gasteiger partial charge in [-0.2, -0.15) is 8.78 Å². The van der Waals surface area contributed by atoms with Gasteiger partial charge >= 0.3 is 12.6 Å². The fraction of sp³-hybridized carbons (Fsp3) is 0.385. The zero-order valence-electron chi connectivity index (χ0n) is 11.3. The van der Waals surface area contributed by atoms with Gasteiger partial charge in [0, 0.05) is 18.5 Å². The van der Waals surface area contributed by atoms with E-state index < -0.39 is 18.5 Å². The molecule has 2 N–H and O–H groups in total. The lowest BCUT2D eigenvalue weighted by molar-refractivity contribution is -0.137. The Bertz CT molecular complexity index is 507. The van der Waals surface area contributed by atoms with Crippen molar-refractivity contribution in [3.63, 3.8) is 0 Å². The summed E-state index contributed by atoms with van der Waals surface area (Å²) in [6, 6.07) is 3.87. The van der Waals surface area contributed by atoms with E-state index in [2.05, 4.69) is 10.1 Å². The summed E-state index contributed by atoms with van der Waals surface area (Å²) in [5.41, 5.74) is 0.113. The molecule has 1 aromatic rings. The van der Waals surface area contributed by atoms with Crippen LogP contribution < -0.4 is 14.8 Å². The number of amides is 1. The molecule has 0 aliphatic heterocycles. The second-order valence-electron chi connectivity index (χ2n) is 4.00. The highest BCUT2D eigenvalue weighted by atomic mass is 19.3. The first-order valence-corrected chi connectivity index (χ1v) is 6.07.